The highest BCUT2D eigenvalue weighted by atomic mass is 16.5. The van der Waals surface area contributed by atoms with E-state index in [0.29, 0.717) is 24.9 Å². The minimum Gasteiger partial charge on any atom is -0.481 e. The first kappa shape index (κ1) is 11.4. The Morgan fingerprint density at radius 2 is 2.44 bits per heavy atom. The van der Waals surface area contributed by atoms with Crippen LogP contribution < -0.4 is 10.1 Å². The van der Waals surface area contributed by atoms with Crippen LogP contribution in [0.25, 0.3) is 0 Å². The van der Waals surface area contributed by atoms with Gasteiger partial charge in [0.15, 0.2) is 0 Å². The molecule has 1 fully saturated rings. The smallest absolute Gasteiger partial charge is 0.217 e. The Balaban J connectivity index is 1.79. The average Bonchev–Trinajstić information content (AvgIpc) is 3.13. The van der Waals surface area contributed by atoms with Crippen LogP contribution in [0.15, 0.2) is 18.3 Å². The summed E-state index contributed by atoms with van der Waals surface area (Å²) in [6.07, 6.45) is 3.84. The molecule has 1 heterocycles. The van der Waals surface area contributed by atoms with E-state index in [1.165, 1.54) is 12.8 Å². The molecule has 0 radical (unpaired) electrons. The number of hydrogen-bond donors (Lipinski definition) is 2. The Bertz CT molecular complexity index is 340. The molecule has 0 bridgehead atoms. The normalized spacial score (nSPS) is 17.1. The minimum absolute atomic E-state index is 0.206. The molecule has 0 aromatic carbocycles. The van der Waals surface area contributed by atoms with Gasteiger partial charge in [-0.3, -0.25) is 0 Å². The molecule has 4 nitrogen and oxygen atoms in total. The summed E-state index contributed by atoms with van der Waals surface area (Å²) in [5, 5.41) is 12.9. The maximum atomic E-state index is 9.68. The molecule has 1 atom stereocenters. The Labute approximate surface area is 95.7 Å². The van der Waals surface area contributed by atoms with Gasteiger partial charge in [0.2, 0.25) is 5.88 Å². The highest BCUT2D eigenvalue weighted by molar-refractivity contribution is 5.24. The predicted molar refractivity (Wildman–Crippen MR) is 61.2 cm³/mol. The molecule has 88 valence electrons. The van der Waals surface area contributed by atoms with Crippen LogP contribution in [0.2, 0.25) is 0 Å². The Morgan fingerprint density at radius 1 is 1.62 bits per heavy atom. The van der Waals surface area contributed by atoms with Gasteiger partial charge in [0, 0.05) is 24.8 Å². The number of rotatable bonds is 6. The molecular weight excluding hydrogens is 204 g/mol. The molecule has 0 amide bonds. The highest BCUT2D eigenvalue weighted by Crippen LogP contribution is 2.32. The van der Waals surface area contributed by atoms with E-state index in [0.717, 1.165) is 5.56 Å². The van der Waals surface area contributed by atoms with E-state index in [2.05, 4.69) is 10.3 Å². The van der Waals surface area contributed by atoms with E-state index in [-0.39, 0.29) is 6.10 Å². The second kappa shape index (κ2) is 5.27. The van der Waals surface area contributed by atoms with Gasteiger partial charge in [-0.15, -0.1) is 0 Å². The van der Waals surface area contributed by atoms with Gasteiger partial charge in [-0.2, -0.15) is 0 Å². The van der Waals surface area contributed by atoms with Gasteiger partial charge < -0.3 is 15.2 Å². The standard InChI is InChI=1S/C12H18N2O2/c1-16-12-10(3-2-6-14-12)7-13-8-11(15)9-4-5-9/h2-3,6,9,11,13,15H,4-5,7-8H2,1H3. The van der Waals surface area contributed by atoms with Crippen molar-refractivity contribution in [3.8, 4) is 5.88 Å². The van der Waals surface area contributed by atoms with Crippen molar-refractivity contribution in [1.29, 1.82) is 0 Å². The number of methoxy groups -OCH3 is 1. The van der Waals surface area contributed by atoms with Crippen molar-refractivity contribution in [3.05, 3.63) is 23.9 Å². The lowest BCUT2D eigenvalue weighted by atomic mass is 10.2. The van der Waals surface area contributed by atoms with Crippen molar-refractivity contribution >= 4 is 0 Å². The maximum Gasteiger partial charge on any atom is 0.217 e. The SMILES string of the molecule is COc1ncccc1CNCC(O)C1CC1. The lowest BCUT2D eigenvalue weighted by molar-refractivity contribution is 0.148. The molecule has 1 unspecified atom stereocenters. The topological polar surface area (TPSA) is 54.4 Å². The summed E-state index contributed by atoms with van der Waals surface area (Å²) >= 11 is 0. The molecular formula is C12H18N2O2. The van der Waals surface area contributed by atoms with Crippen molar-refractivity contribution in [2.24, 2.45) is 5.92 Å². The number of nitrogens with zero attached hydrogens (tertiary/aromatic N) is 1. The number of aliphatic hydroxyl groups excluding tert-OH is 1. The third kappa shape index (κ3) is 2.93. The minimum atomic E-state index is -0.206. The van der Waals surface area contributed by atoms with E-state index >= 15 is 0 Å². The fourth-order valence-electron chi connectivity index (χ4n) is 1.74. The van der Waals surface area contributed by atoms with E-state index in [4.69, 9.17) is 4.74 Å². The summed E-state index contributed by atoms with van der Waals surface area (Å²) in [6.45, 7) is 1.32. The number of aromatic nitrogens is 1. The monoisotopic (exact) mass is 222 g/mol. The predicted octanol–water partition coefficient (Wildman–Crippen LogP) is 0.951. The van der Waals surface area contributed by atoms with Crippen LogP contribution >= 0.6 is 0 Å². The van der Waals surface area contributed by atoms with Gasteiger partial charge in [0.1, 0.15) is 0 Å². The summed E-state index contributed by atoms with van der Waals surface area (Å²) in [7, 11) is 1.62. The third-order valence-electron chi connectivity index (χ3n) is 2.88. The first-order chi connectivity index (χ1) is 7.81. The Hall–Kier alpha value is -1.13. The second-order valence-corrected chi connectivity index (χ2v) is 4.21. The summed E-state index contributed by atoms with van der Waals surface area (Å²) in [5.41, 5.74) is 1.02. The lowest BCUT2D eigenvalue weighted by Crippen LogP contribution is -2.28. The Kier molecular flexibility index (Phi) is 3.74. The zero-order valence-electron chi connectivity index (χ0n) is 9.52. The van der Waals surface area contributed by atoms with Gasteiger partial charge in [-0.25, -0.2) is 4.98 Å². The van der Waals surface area contributed by atoms with Crippen LogP contribution in [-0.2, 0) is 6.54 Å². The number of hydrogen-bond acceptors (Lipinski definition) is 4. The van der Waals surface area contributed by atoms with Crippen molar-refractivity contribution in [2.45, 2.75) is 25.5 Å². The molecule has 1 aromatic rings. The molecule has 1 aliphatic carbocycles. The van der Waals surface area contributed by atoms with Crippen molar-refractivity contribution < 1.29 is 9.84 Å². The molecule has 1 saturated carbocycles. The zero-order valence-corrected chi connectivity index (χ0v) is 9.52. The fraction of sp³-hybridized carbons (Fsp3) is 0.583. The number of pyridine rings is 1. The number of nitrogens with one attached hydrogen (secondary N) is 1. The average molecular weight is 222 g/mol. The molecule has 0 spiro atoms. The van der Waals surface area contributed by atoms with Crippen LogP contribution in [0.4, 0.5) is 0 Å². The molecule has 4 heteroatoms. The molecule has 1 aliphatic rings. The third-order valence-corrected chi connectivity index (χ3v) is 2.88. The van der Waals surface area contributed by atoms with E-state index in [1.807, 2.05) is 12.1 Å². The van der Waals surface area contributed by atoms with Crippen LogP contribution in [0.1, 0.15) is 18.4 Å². The largest absolute Gasteiger partial charge is 0.481 e. The van der Waals surface area contributed by atoms with E-state index in [9.17, 15) is 5.11 Å². The van der Waals surface area contributed by atoms with Crippen molar-refractivity contribution in [2.75, 3.05) is 13.7 Å². The number of ether oxygens (including phenoxy) is 1. The molecule has 2 rings (SSSR count). The van der Waals surface area contributed by atoms with Gasteiger partial charge in [0.05, 0.1) is 13.2 Å². The summed E-state index contributed by atoms with van der Waals surface area (Å²) in [4.78, 5) is 4.12. The van der Waals surface area contributed by atoms with Gasteiger partial charge >= 0.3 is 0 Å². The summed E-state index contributed by atoms with van der Waals surface area (Å²) in [5.74, 6) is 1.17. The van der Waals surface area contributed by atoms with E-state index < -0.39 is 0 Å². The number of aliphatic hydroxyl groups is 1. The lowest BCUT2D eigenvalue weighted by Gasteiger charge is -2.11. The van der Waals surface area contributed by atoms with Crippen LogP contribution in [0.3, 0.4) is 0 Å². The first-order valence-corrected chi connectivity index (χ1v) is 5.68. The van der Waals surface area contributed by atoms with Gasteiger partial charge in [-0.05, 0) is 24.8 Å². The van der Waals surface area contributed by atoms with Crippen molar-refractivity contribution in [1.82, 2.24) is 10.3 Å². The zero-order chi connectivity index (χ0) is 11.4. The van der Waals surface area contributed by atoms with Crippen molar-refractivity contribution in [3.63, 3.8) is 0 Å². The van der Waals surface area contributed by atoms with Crippen LogP contribution in [-0.4, -0.2) is 29.8 Å². The summed E-state index contributed by atoms with van der Waals surface area (Å²) in [6, 6.07) is 3.86. The highest BCUT2D eigenvalue weighted by Gasteiger charge is 2.29. The molecule has 0 saturated heterocycles. The summed E-state index contributed by atoms with van der Waals surface area (Å²) < 4.78 is 5.15. The molecule has 2 N–H and O–H groups in total. The van der Waals surface area contributed by atoms with Crippen LogP contribution in [0.5, 0.6) is 5.88 Å². The van der Waals surface area contributed by atoms with E-state index in [1.54, 1.807) is 13.3 Å². The van der Waals surface area contributed by atoms with Crippen LogP contribution in [0, 0.1) is 5.92 Å². The molecule has 1 aromatic heterocycles. The Morgan fingerprint density at radius 3 is 3.12 bits per heavy atom. The molecule has 0 aliphatic heterocycles. The first-order valence-electron chi connectivity index (χ1n) is 5.68. The van der Waals surface area contributed by atoms with Gasteiger partial charge in [-0.1, -0.05) is 6.07 Å². The quantitative estimate of drug-likeness (QED) is 0.752. The molecule has 16 heavy (non-hydrogen) atoms. The maximum absolute atomic E-state index is 9.68. The second-order valence-electron chi connectivity index (χ2n) is 4.21. The fourth-order valence-corrected chi connectivity index (χ4v) is 1.74. The van der Waals surface area contributed by atoms with Gasteiger partial charge in [0.25, 0.3) is 0 Å².